The van der Waals surface area contributed by atoms with Crippen molar-refractivity contribution in [2.24, 2.45) is 0 Å². The summed E-state index contributed by atoms with van der Waals surface area (Å²) in [5, 5.41) is 3.36. The highest BCUT2D eigenvalue weighted by atomic mass is 16.3. The molecule has 0 fully saturated rings. The molecule has 3 heteroatoms. The number of hydrogen-bond acceptors (Lipinski definition) is 3. The van der Waals surface area contributed by atoms with Crippen LogP contribution in [0.15, 0.2) is 10.8 Å². The molecule has 0 bridgehead atoms. The molecule has 0 saturated carbocycles. The van der Waals surface area contributed by atoms with Gasteiger partial charge in [-0.05, 0) is 6.42 Å². The van der Waals surface area contributed by atoms with Gasteiger partial charge in [-0.3, -0.25) is 0 Å². The molecule has 1 aromatic rings. The van der Waals surface area contributed by atoms with Gasteiger partial charge >= 0.3 is 0 Å². The number of oxazole rings is 1. The standard InChI is InChI=1S/C12H22N2O/c1-6-12(4,5)11-10(14-8-15-11)7-13-9(2)3/h8-9,13H,6-7H2,1-5H3. The first-order valence-electron chi connectivity index (χ1n) is 5.63. The lowest BCUT2D eigenvalue weighted by Crippen LogP contribution is -2.25. The van der Waals surface area contributed by atoms with Gasteiger partial charge in [-0.15, -0.1) is 0 Å². The summed E-state index contributed by atoms with van der Waals surface area (Å²) in [7, 11) is 0. The minimum absolute atomic E-state index is 0.0739. The van der Waals surface area contributed by atoms with Crippen LogP contribution in [0.1, 0.15) is 52.5 Å². The van der Waals surface area contributed by atoms with Crippen molar-refractivity contribution in [1.29, 1.82) is 0 Å². The van der Waals surface area contributed by atoms with E-state index in [2.05, 4.69) is 44.9 Å². The molecule has 1 N–H and O–H groups in total. The molecule has 1 heterocycles. The fourth-order valence-corrected chi connectivity index (χ4v) is 1.41. The molecule has 15 heavy (non-hydrogen) atoms. The molecule has 0 aliphatic heterocycles. The Morgan fingerprint density at radius 1 is 1.47 bits per heavy atom. The van der Waals surface area contributed by atoms with E-state index in [9.17, 15) is 0 Å². The molecule has 0 saturated heterocycles. The van der Waals surface area contributed by atoms with Crippen LogP contribution < -0.4 is 5.32 Å². The number of nitrogens with one attached hydrogen (secondary N) is 1. The first-order chi connectivity index (χ1) is 6.97. The van der Waals surface area contributed by atoms with Crippen LogP contribution in [0.5, 0.6) is 0 Å². The Hall–Kier alpha value is -0.830. The molecule has 0 aromatic carbocycles. The van der Waals surface area contributed by atoms with E-state index in [1.165, 1.54) is 0 Å². The Morgan fingerprint density at radius 2 is 2.13 bits per heavy atom. The molecule has 0 unspecified atom stereocenters. The van der Waals surface area contributed by atoms with Crippen molar-refractivity contribution in [3.05, 3.63) is 17.8 Å². The number of aromatic nitrogens is 1. The highest BCUT2D eigenvalue weighted by Gasteiger charge is 2.25. The van der Waals surface area contributed by atoms with Crippen molar-refractivity contribution in [2.75, 3.05) is 0 Å². The molecule has 1 rings (SSSR count). The van der Waals surface area contributed by atoms with Crippen LogP contribution in [-0.4, -0.2) is 11.0 Å². The monoisotopic (exact) mass is 210 g/mol. The van der Waals surface area contributed by atoms with Crippen LogP contribution in [0.3, 0.4) is 0 Å². The normalized spacial score (nSPS) is 12.4. The summed E-state index contributed by atoms with van der Waals surface area (Å²) in [6.07, 6.45) is 2.60. The van der Waals surface area contributed by atoms with E-state index in [-0.39, 0.29) is 5.41 Å². The Morgan fingerprint density at radius 3 is 2.67 bits per heavy atom. The molecule has 0 spiro atoms. The lowest BCUT2D eigenvalue weighted by atomic mass is 9.86. The van der Waals surface area contributed by atoms with Gasteiger partial charge in [-0.2, -0.15) is 0 Å². The van der Waals surface area contributed by atoms with Crippen molar-refractivity contribution in [3.8, 4) is 0 Å². The smallest absolute Gasteiger partial charge is 0.181 e. The predicted molar refractivity (Wildman–Crippen MR) is 61.8 cm³/mol. The molecule has 86 valence electrons. The number of hydrogen-bond donors (Lipinski definition) is 1. The van der Waals surface area contributed by atoms with Crippen LogP contribution in [0.25, 0.3) is 0 Å². The molecular weight excluding hydrogens is 188 g/mol. The van der Waals surface area contributed by atoms with Crippen LogP contribution in [0.2, 0.25) is 0 Å². The highest BCUT2D eigenvalue weighted by Crippen LogP contribution is 2.29. The van der Waals surface area contributed by atoms with E-state index in [0.29, 0.717) is 6.04 Å². The molecule has 1 aromatic heterocycles. The molecule has 0 amide bonds. The zero-order chi connectivity index (χ0) is 11.5. The fraction of sp³-hybridized carbons (Fsp3) is 0.750. The van der Waals surface area contributed by atoms with Gasteiger partial charge in [0.2, 0.25) is 0 Å². The average molecular weight is 210 g/mol. The molecule has 0 radical (unpaired) electrons. The molecular formula is C12H22N2O. The van der Waals surface area contributed by atoms with Gasteiger partial charge in [-0.1, -0.05) is 34.6 Å². The second kappa shape index (κ2) is 4.79. The SMILES string of the molecule is CCC(C)(C)c1ocnc1CNC(C)C. The highest BCUT2D eigenvalue weighted by molar-refractivity contribution is 5.17. The Balaban J connectivity index is 2.78. The van der Waals surface area contributed by atoms with E-state index in [4.69, 9.17) is 4.42 Å². The maximum absolute atomic E-state index is 5.50. The van der Waals surface area contributed by atoms with Crippen LogP contribution in [-0.2, 0) is 12.0 Å². The maximum Gasteiger partial charge on any atom is 0.181 e. The lowest BCUT2D eigenvalue weighted by Gasteiger charge is -2.21. The van der Waals surface area contributed by atoms with Gasteiger partial charge in [0.15, 0.2) is 6.39 Å². The first kappa shape index (κ1) is 12.2. The van der Waals surface area contributed by atoms with Gasteiger partial charge in [0.25, 0.3) is 0 Å². The van der Waals surface area contributed by atoms with Gasteiger partial charge in [0.1, 0.15) is 5.76 Å². The van der Waals surface area contributed by atoms with Crippen molar-refractivity contribution in [1.82, 2.24) is 10.3 Å². The summed E-state index contributed by atoms with van der Waals surface area (Å²) < 4.78 is 5.50. The summed E-state index contributed by atoms with van der Waals surface area (Å²) in [6, 6.07) is 0.472. The summed E-state index contributed by atoms with van der Waals surface area (Å²) in [4.78, 5) is 4.27. The Bertz CT molecular complexity index is 302. The summed E-state index contributed by atoms with van der Waals surface area (Å²) >= 11 is 0. The third kappa shape index (κ3) is 3.06. The third-order valence-electron chi connectivity index (χ3n) is 2.82. The molecule has 3 nitrogen and oxygen atoms in total. The molecule has 0 atom stereocenters. The lowest BCUT2D eigenvalue weighted by molar-refractivity contribution is 0.368. The van der Waals surface area contributed by atoms with Crippen molar-refractivity contribution in [3.63, 3.8) is 0 Å². The summed E-state index contributed by atoms with van der Waals surface area (Å²) in [5.74, 6) is 1.01. The van der Waals surface area contributed by atoms with Gasteiger partial charge < -0.3 is 9.73 Å². The minimum Gasteiger partial charge on any atom is -0.448 e. The second-order valence-corrected chi connectivity index (χ2v) is 4.90. The predicted octanol–water partition coefficient (Wildman–Crippen LogP) is 2.86. The first-order valence-corrected chi connectivity index (χ1v) is 5.63. The van der Waals surface area contributed by atoms with Gasteiger partial charge in [-0.25, -0.2) is 4.98 Å². The quantitative estimate of drug-likeness (QED) is 0.812. The zero-order valence-corrected chi connectivity index (χ0v) is 10.4. The Kier molecular flexibility index (Phi) is 3.91. The topological polar surface area (TPSA) is 38.1 Å². The third-order valence-corrected chi connectivity index (χ3v) is 2.82. The van der Waals surface area contributed by atoms with E-state index >= 15 is 0 Å². The molecule has 0 aliphatic rings. The van der Waals surface area contributed by atoms with E-state index in [1.807, 2.05) is 0 Å². The van der Waals surface area contributed by atoms with E-state index in [0.717, 1.165) is 24.4 Å². The van der Waals surface area contributed by atoms with E-state index in [1.54, 1.807) is 6.39 Å². The van der Waals surface area contributed by atoms with Crippen LogP contribution >= 0.6 is 0 Å². The number of rotatable bonds is 5. The number of nitrogens with zero attached hydrogens (tertiary/aromatic N) is 1. The molecule has 0 aliphatic carbocycles. The average Bonchev–Trinajstić information content (AvgIpc) is 2.63. The largest absolute Gasteiger partial charge is 0.448 e. The van der Waals surface area contributed by atoms with E-state index < -0.39 is 0 Å². The fourth-order valence-electron chi connectivity index (χ4n) is 1.41. The maximum atomic E-state index is 5.50. The van der Waals surface area contributed by atoms with Gasteiger partial charge in [0.05, 0.1) is 5.69 Å². The van der Waals surface area contributed by atoms with Crippen molar-refractivity contribution < 1.29 is 4.42 Å². The summed E-state index contributed by atoms with van der Waals surface area (Å²) in [5.41, 5.74) is 1.11. The minimum atomic E-state index is 0.0739. The van der Waals surface area contributed by atoms with Gasteiger partial charge in [0, 0.05) is 18.0 Å². The van der Waals surface area contributed by atoms with Crippen LogP contribution in [0.4, 0.5) is 0 Å². The summed E-state index contributed by atoms with van der Waals surface area (Å²) in [6.45, 7) is 11.6. The second-order valence-electron chi connectivity index (χ2n) is 4.90. The van der Waals surface area contributed by atoms with Crippen molar-refractivity contribution in [2.45, 2.75) is 59.0 Å². The zero-order valence-electron chi connectivity index (χ0n) is 10.4. The van der Waals surface area contributed by atoms with Crippen molar-refractivity contribution >= 4 is 0 Å². The van der Waals surface area contributed by atoms with Crippen LogP contribution in [0, 0.1) is 0 Å². The Labute approximate surface area is 92.3 Å².